The number of hydrogen-bond donors (Lipinski definition) is 1. The highest BCUT2D eigenvalue weighted by atomic mass is 35.5. The van der Waals surface area contributed by atoms with Crippen LogP contribution in [0.5, 0.6) is 11.6 Å². The van der Waals surface area contributed by atoms with Crippen molar-refractivity contribution < 1.29 is 23.7 Å². The molecule has 4 heterocycles. The zero-order valence-corrected chi connectivity index (χ0v) is 31.8. The van der Waals surface area contributed by atoms with Gasteiger partial charge in [0, 0.05) is 51.0 Å². The minimum Gasteiger partial charge on any atom is -0.487 e. The second-order valence-electron chi connectivity index (χ2n) is 13.3. The number of rotatable bonds is 17. The van der Waals surface area contributed by atoms with Gasteiger partial charge in [-0.2, -0.15) is 0 Å². The number of aromatic nitrogens is 8. The smallest absolute Gasteiger partial charge is 0.256 e. The van der Waals surface area contributed by atoms with E-state index in [1.165, 1.54) is 0 Å². The summed E-state index contributed by atoms with van der Waals surface area (Å²) in [4.78, 5) is 12.0. The zero-order chi connectivity index (χ0) is 35.6. The lowest BCUT2D eigenvalue weighted by Crippen LogP contribution is -2.51. The molecule has 52 heavy (non-hydrogen) atoms. The molecule has 1 aliphatic heterocycles. The summed E-state index contributed by atoms with van der Waals surface area (Å²) in [5, 5.41) is 20.1. The lowest BCUT2D eigenvalue weighted by atomic mass is 9.89. The van der Waals surface area contributed by atoms with Crippen molar-refractivity contribution in [1.82, 2.24) is 44.9 Å². The fourth-order valence-corrected chi connectivity index (χ4v) is 6.93. The molecule has 6 rings (SSSR count). The van der Waals surface area contributed by atoms with E-state index in [0.29, 0.717) is 73.0 Å². The number of benzene rings is 1. The normalized spacial score (nSPS) is 21.3. The molecule has 1 N–H and O–H groups in total. The molecule has 2 aliphatic rings. The van der Waals surface area contributed by atoms with Gasteiger partial charge in [0.15, 0.2) is 0 Å². The lowest BCUT2D eigenvalue weighted by molar-refractivity contribution is -0.0852. The maximum absolute atomic E-state index is 6.51. The predicted molar refractivity (Wildman–Crippen MR) is 199 cm³/mol. The van der Waals surface area contributed by atoms with E-state index in [0.717, 1.165) is 50.8 Å². The van der Waals surface area contributed by atoms with Crippen LogP contribution in [-0.2, 0) is 20.8 Å². The third-order valence-corrected chi connectivity index (χ3v) is 9.41. The van der Waals surface area contributed by atoms with Gasteiger partial charge in [-0.25, -0.2) is 14.6 Å². The Balaban J connectivity index is 0.00000523. The summed E-state index contributed by atoms with van der Waals surface area (Å²) in [6, 6.07) is 8.27. The first-order valence-corrected chi connectivity index (χ1v) is 18.2. The maximum atomic E-state index is 6.51. The summed E-state index contributed by atoms with van der Waals surface area (Å²) in [5.41, 5.74) is 2.24. The SMILES string of the molecule is COCCOCCCOc1nn(C2CCC(N3C[C@@H](C)O[C@@H](C)C3)CC2)cc1Nc1nccc(-c2ccc(Cl)c(O[C@@H](C)Cn3cnnn3)c2)n1.Cl. The molecule has 0 radical (unpaired) electrons. The number of halogens is 2. The van der Waals surface area contributed by atoms with Gasteiger partial charge in [0.25, 0.3) is 5.88 Å². The molecular weight excluding hydrogens is 711 g/mol. The van der Waals surface area contributed by atoms with Gasteiger partial charge in [-0.05, 0) is 75.1 Å². The Hall–Kier alpha value is -3.60. The molecule has 3 aromatic heterocycles. The quantitative estimate of drug-likeness (QED) is 0.133. The predicted octanol–water partition coefficient (Wildman–Crippen LogP) is 5.64. The number of nitrogens with zero attached hydrogens (tertiary/aromatic N) is 9. The molecule has 2 fully saturated rings. The molecule has 1 saturated carbocycles. The Morgan fingerprint density at radius 3 is 2.56 bits per heavy atom. The molecule has 15 nitrogen and oxygen atoms in total. The van der Waals surface area contributed by atoms with Crippen molar-refractivity contribution in [3.63, 3.8) is 0 Å². The Morgan fingerprint density at radius 2 is 1.81 bits per heavy atom. The molecule has 1 aromatic carbocycles. The summed E-state index contributed by atoms with van der Waals surface area (Å²) >= 11 is 6.51. The molecule has 1 saturated heterocycles. The first-order chi connectivity index (χ1) is 24.8. The zero-order valence-electron chi connectivity index (χ0n) is 30.3. The number of tetrazole rings is 1. The summed E-state index contributed by atoms with van der Waals surface area (Å²) in [6.45, 7) is 10.9. The fraction of sp³-hybridized carbons (Fsp3) is 0.600. The molecule has 1 aliphatic carbocycles. The van der Waals surface area contributed by atoms with Gasteiger partial charge in [0.2, 0.25) is 5.95 Å². The number of nitrogens with one attached hydrogen (secondary N) is 1. The minimum absolute atomic E-state index is 0. The van der Waals surface area contributed by atoms with Crippen molar-refractivity contribution in [2.24, 2.45) is 0 Å². The average molecular weight is 762 g/mol. The van der Waals surface area contributed by atoms with Gasteiger partial charge in [0.05, 0.1) is 61.5 Å². The summed E-state index contributed by atoms with van der Waals surface area (Å²) < 4.78 is 32.7. The molecule has 0 bridgehead atoms. The van der Waals surface area contributed by atoms with Crippen LogP contribution >= 0.6 is 24.0 Å². The van der Waals surface area contributed by atoms with Gasteiger partial charge in [-0.15, -0.1) is 22.6 Å². The van der Waals surface area contributed by atoms with E-state index in [4.69, 9.17) is 45.4 Å². The van der Waals surface area contributed by atoms with Crippen LogP contribution in [0.1, 0.15) is 58.9 Å². The van der Waals surface area contributed by atoms with Crippen molar-refractivity contribution in [2.45, 2.75) is 89.8 Å². The molecule has 4 aromatic rings. The average Bonchev–Trinajstić information content (AvgIpc) is 3.78. The van der Waals surface area contributed by atoms with Gasteiger partial charge in [0.1, 0.15) is 23.9 Å². The number of anilines is 2. The molecular formula is C35H50Cl2N10O5. The maximum Gasteiger partial charge on any atom is 0.256 e. The standard InChI is InChI=1S/C35H49ClN10O5.ClH/c1-24-19-44(20-25(2)50-24)28-7-9-29(10-8-28)46-22-32(34(41-46)49-15-5-14-48-17-16-47-4)40-35-37-13-12-31(39-35)27-6-11-30(36)33(18-27)51-26(3)21-45-23-38-42-43-45;/h6,11-13,18,22-26,28-29H,5,7-10,14-17,19-21H2,1-4H3,(H,37,39,40);1H/t24-,25+,26-,28?,29?;/m0./s1. The molecule has 0 spiro atoms. The Bertz CT molecular complexity index is 1650. The van der Waals surface area contributed by atoms with Crippen molar-refractivity contribution in [2.75, 3.05) is 51.9 Å². The van der Waals surface area contributed by atoms with Crippen molar-refractivity contribution in [1.29, 1.82) is 0 Å². The van der Waals surface area contributed by atoms with Crippen LogP contribution in [0.3, 0.4) is 0 Å². The van der Waals surface area contributed by atoms with Crippen LogP contribution in [0.2, 0.25) is 5.02 Å². The van der Waals surface area contributed by atoms with E-state index in [9.17, 15) is 0 Å². The van der Waals surface area contributed by atoms with E-state index in [1.807, 2.05) is 31.3 Å². The van der Waals surface area contributed by atoms with Gasteiger partial charge >= 0.3 is 0 Å². The topological polar surface area (TPSA) is 149 Å². The molecule has 0 unspecified atom stereocenters. The summed E-state index contributed by atoms with van der Waals surface area (Å²) in [6.07, 6.45) is 10.6. The third-order valence-electron chi connectivity index (χ3n) is 9.10. The Labute approximate surface area is 316 Å². The Kier molecular flexibility index (Phi) is 14.8. The van der Waals surface area contributed by atoms with Crippen molar-refractivity contribution in [3.8, 4) is 22.9 Å². The lowest BCUT2D eigenvalue weighted by Gasteiger charge is -2.42. The molecule has 0 amide bonds. The van der Waals surface area contributed by atoms with E-state index in [1.54, 1.807) is 30.4 Å². The van der Waals surface area contributed by atoms with Crippen LogP contribution in [0.4, 0.5) is 11.6 Å². The third kappa shape index (κ3) is 11.0. The largest absolute Gasteiger partial charge is 0.487 e. The van der Waals surface area contributed by atoms with Crippen molar-refractivity contribution in [3.05, 3.63) is 48.0 Å². The second-order valence-corrected chi connectivity index (χ2v) is 13.7. The van der Waals surface area contributed by atoms with E-state index in [-0.39, 0.29) is 36.8 Å². The van der Waals surface area contributed by atoms with E-state index < -0.39 is 0 Å². The number of morpholine rings is 1. The molecule has 284 valence electrons. The second kappa shape index (κ2) is 19.5. The highest BCUT2D eigenvalue weighted by molar-refractivity contribution is 6.32. The van der Waals surface area contributed by atoms with Gasteiger partial charge in [-0.3, -0.25) is 9.58 Å². The van der Waals surface area contributed by atoms with Crippen LogP contribution < -0.4 is 14.8 Å². The highest BCUT2D eigenvalue weighted by Gasteiger charge is 2.32. The van der Waals surface area contributed by atoms with Crippen LogP contribution in [-0.4, -0.2) is 116 Å². The highest BCUT2D eigenvalue weighted by Crippen LogP contribution is 2.36. The molecule has 3 atom stereocenters. The monoisotopic (exact) mass is 760 g/mol. The first kappa shape index (κ1) is 39.6. The summed E-state index contributed by atoms with van der Waals surface area (Å²) in [7, 11) is 1.66. The van der Waals surface area contributed by atoms with Crippen LogP contribution in [0.25, 0.3) is 11.3 Å². The van der Waals surface area contributed by atoms with E-state index >= 15 is 0 Å². The minimum atomic E-state index is -0.224. The first-order valence-electron chi connectivity index (χ1n) is 17.8. The number of methoxy groups -OCH3 is 1. The van der Waals surface area contributed by atoms with Crippen LogP contribution in [0.15, 0.2) is 43.0 Å². The molecule has 17 heteroatoms. The van der Waals surface area contributed by atoms with Crippen molar-refractivity contribution >= 4 is 35.6 Å². The van der Waals surface area contributed by atoms with E-state index in [2.05, 4.69) is 49.3 Å². The number of hydrogen-bond acceptors (Lipinski definition) is 13. The Morgan fingerprint density at radius 1 is 1.02 bits per heavy atom. The van der Waals surface area contributed by atoms with Crippen LogP contribution in [0, 0.1) is 0 Å². The van der Waals surface area contributed by atoms with Gasteiger partial charge < -0.3 is 29.0 Å². The van der Waals surface area contributed by atoms with Gasteiger partial charge in [-0.1, -0.05) is 17.7 Å². The summed E-state index contributed by atoms with van der Waals surface area (Å²) in [5.74, 6) is 1.47. The fourth-order valence-electron chi connectivity index (χ4n) is 6.77. The number of ether oxygens (including phenoxy) is 5.